The van der Waals surface area contributed by atoms with Crippen LogP contribution in [0.25, 0.3) is 0 Å². The monoisotopic (exact) mass is 291 g/mol. The van der Waals surface area contributed by atoms with E-state index in [0.717, 1.165) is 25.7 Å². The van der Waals surface area contributed by atoms with Gasteiger partial charge in [-0.25, -0.2) is 4.39 Å². The van der Waals surface area contributed by atoms with E-state index < -0.39 is 5.82 Å². The highest BCUT2D eigenvalue weighted by Crippen LogP contribution is 2.18. The summed E-state index contributed by atoms with van der Waals surface area (Å²) in [5, 5.41) is 11.5. The molecule has 0 heterocycles. The van der Waals surface area contributed by atoms with Gasteiger partial charge in [-0.15, -0.1) is 0 Å². The molecule has 0 aliphatic rings. The van der Waals surface area contributed by atoms with Gasteiger partial charge in [-0.1, -0.05) is 38.5 Å². The van der Waals surface area contributed by atoms with Crippen LogP contribution in [0.3, 0.4) is 0 Å². The summed E-state index contributed by atoms with van der Waals surface area (Å²) in [5.41, 5.74) is 0.696. The first-order valence-corrected chi connectivity index (χ1v) is 7.32. The minimum absolute atomic E-state index is 0.0259. The van der Waals surface area contributed by atoms with E-state index in [1.807, 2.05) is 6.92 Å². The SMILES string of the molecule is CCCCC(CC)C(=O)Nc1ccc(F)c(C#CCO)c1. The maximum Gasteiger partial charge on any atom is 0.227 e. The summed E-state index contributed by atoms with van der Waals surface area (Å²) in [6.07, 6.45) is 3.71. The summed E-state index contributed by atoms with van der Waals surface area (Å²) in [5.74, 6) is 4.39. The number of carbonyl (C=O) groups excluding carboxylic acids is 1. The molecule has 1 atom stereocenters. The van der Waals surface area contributed by atoms with Gasteiger partial charge in [-0.2, -0.15) is 0 Å². The lowest BCUT2D eigenvalue weighted by atomic mass is 9.98. The molecule has 114 valence electrons. The lowest BCUT2D eigenvalue weighted by molar-refractivity contribution is -0.120. The quantitative estimate of drug-likeness (QED) is 0.790. The van der Waals surface area contributed by atoms with E-state index in [1.54, 1.807) is 0 Å². The first-order chi connectivity index (χ1) is 10.1. The van der Waals surface area contributed by atoms with Crippen molar-refractivity contribution in [1.29, 1.82) is 0 Å². The second-order valence-electron chi connectivity index (χ2n) is 4.89. The van der Waals surface area contributed by atoms with Crippen LogP contribution in [0, 0.1) is 23.6 Å². The number of carbonyl (C=O) groups is 1. The van der Waals surface area contributed by atoms with Crippen molar-refractivity contribution in [3.05, 3.63) is 29.6 Å². The molecular formula is C17H22FNO2. The molecule has 0 aromatic heterocycles. The zero-order valence-electron chi connectivity index (χ0n) is 12.6. The van der Waals surface area contributed by atoms with Gasteiger partial charge >= 0.3 is 0 Å². The van der Waals surface area contributed by atoms with E-state index >= 15 is 0 Å². The van der Waals surface area contributed by atoms with Crippen LogP contribution in [0.2, 0.25) is 0 Å². The van der Waals surface area contributed by atoms with Crippen molar-refractivity contribution in [3.8, 4) is 11.8 Å². The normalized spacial score (nSPS) is 11.4. The first-order valence-electron chi connectivity index (χ1n) is 7.32. The Bertz CT molecular complexity index is 531. The van der Waals surface area contributed by atoms with Gasteiger partial charge in [0.15, 0.2) is 0 Å². The smallest absolute Gasteiger partial charge is 0.227 e. The molecule has 0 spiro atoms. The largest absolute Gasteiger partial charge is 0.384 e. The van der Waals surface area contributed by atoms with Gasteiger partial charge in [0.1, 0.15) is 12.4 Å². The van der Waals surface area contributed by atoms with Crippen molar-refractivity contribution >= 4 is 11.6 Å². The molecule has 2 N–H and O–H groups in total. The molecule has 1 rings (SSSR count). The zero-order valence-corrected chi connectivity index (χ0v) is 12.6. The zero-order chi connectivity index (χ0) is 15.7. The standard InChI is InChI=1S/C17H22FNO2/c1-3-5-7-13(4-2)17(21)19-15-9-10-16(18)14(12-15)8-6-11-20/h9-10,12-13,20H,3-5,7,11H2,1-2H3,(H,19,21). The molecule has 0 saturated carbocycles. The van der Waals surface area contributed by atoms with E-state index in [-0.39, 0.29) is 24.0 Å². The molecule has 0 saturated heterocycles. The summed E-state index contributed by atoms with van der Waals surface area (Å²) in [6.45, 7) is 3.75. The van der Waals surface area contributed by atoms with Crippen molar-refractivity contribution in [3.63, 3.8) is 0 Å². The van der Waals surface area contributed by atoms with E-state index in [2.05, 4.69) is 24.1 Å². The number of aliphatic hydroxyl groups is 1. The fourth-order valence-electron chi connectivity index (χ4n) is 2.05. The van der Waals surface area contributed by atoms with Crippen molar-refractivity contribution < 1.29 is 14.3 Å². The van der Waals surface area contributed by atoms with Gasteiger partial charge in [-0.05, 0) is 31.0 Å². The maximum absolute atomic E-state index is 13.5. The van der Waals surface area contributed by atoms with E-state index in [1.165, 1.54) is 18.2 Å². The lowest BCUT2D eigenvalue weighted by Gasteiger charge is -2.14. The Morgan fingerprint density at radius 3 is 2.81 bits per heavy atom. The van der Waals surface area contributed by atoms with Crippen LogP contribution >= 0.6 is 0 Å². The van der Waals surface area contributed by atoms with Gasteiger partial charge < -0.3 is 10.4 Å². The molecule has 1 amide bonds. The van der Waals surface area contributed by atoms with Crippen molar-refractivity contribution in [2.24, 2.45) is 5.92 Å². The van der Waals surface area contributed by atoms with Gasteiger partial charge in [0.2, 0.25) is 5.91 Å². The third kappa shape index (κ3) is 5.57. The van der Waals surface area contributed by atoms with Gasteiger partial charge in [-0.3, -0.25) is 4.79 Å². The lowest BCUT2D eigenvalue weighted by Crippen LogP contribution is -2.22. The van der Waals surface area contributed by atoms with E-state index in [4.69, 9.17) is 5.11 Å². The van der Waals surface area contributed by atoms with Gasteiger partial charge in [0, 0.05) is 11.6 Å². The van der Waals surface area contributed by atoms with Crippen LogP contribution in [0.15, 0.2) is 18.2 Å². The van der Waals surface area contributed by atoms with Crippen LogP contribution in [0.5, 0.6) is 0 Å². The summed E-state index contributed by atoms with van der Waals surface area (Å²) >= 11 is 0. The third-order valence-corrected chi connectivity index (χ3v) is 3.31. The molecule has 1 aromatic rings. The van der Waals surface area contributed by atoms with Crippen molar-refractivity contribution in [1.82, 2.24) is 0 Å². The number of aliphatic hydroxyl groups excluding tert-OH is 1. The number of hydrogen-bond acceptors (Lipinski definition) is 2. The molecule has 0 radical (unpaired) electrons. The van der Waals surface area contributed by atoms with Crippen LogP contribution in [0.1, 0.15) is 45.1 Å². The molecule has 21 heavy (non-hydrogen) atoms. The average molecular weight is 291 g/mol. The molecular weight excluding hydrogens is 269 g/mol. The average Bonchev–Trinajstić information content (AvgIpc) is 2.48. The summed E-state index contributed by atoms with van der Waals surface area (Å²) in [4.78, 5) is 12.2. The Hall–Kier alpha value is -1.86. The molecule has 0 aliphatic heterocycles. The van der Waals surface area contributed by atoms with E-state index in [9.17, 15) is 9.18 Å². The summed E-state index contributed by atoms with van der Waals surface area (Å²) in [6, 6.07) is 4.27. The Balaban J connectivity index is 2.80. The number of rotatable bonds is 6. The Morgan fingerprint density at radius 1 is 1.43 bits per heavy atom. The molecule has 3 nitrogen and oxygen atoms in total. The molecule has 4 heteroatoms. The fourth-order valence-corrected chi connectivity index (χ4v) is 2.05. The molecule has 0 fully saturated rings. The van der Waals surface area contributed by atoms with Crippen molar-refractivity contribution in [2.75, 3.05) is 11.9 Å². The summed E-state index contributed by atoms with van der Waals surface area (Å²) < 4.78 is 13.5. The highest BCUT2D eigenvalue weighted by molar-refractivity contribution is 5.92. The van der Waals surface area contributed by atoms with Crippen molar-refractivity contribution in [2.45, 2.75) is 39.5 Å². The Kier molecular flexibility index (Phi) is 7.49. The molecule has 0 aliphatic carbocycles. The Labute approximate surface area is 125 Å². The highest BCUT2D eigenvalue weighted by Gasteiger charge is 2.16. The van der Waals surface area contributed by atoms with Crippen LogP contribution in [0.4, 0.5) is 10.1 Å². The number of anilines is 1. The number of benzene rings is 1. The van der Waals surface area contributed by atoms with Gasteiger partial charge in [0.25, 0.3) is 0 Å². The topological polar surface area (TPSA) is 49.3 Å². The molecule has 1 unspecified atom stereocenters. The first kappa shape index (κ1) is 17.2. The fraction of sp³-hybridized carbons (Fsp3) is 0.471. The molecule has 0 bridgehead atoms. The van der Waals surface area contributed by atoms with E-state index in [0.29, 0.717) is 5.69 Å². The maximum atomic E-state index is 13.5. The minimum Gasteiger partial charge on any atom is -0.384 e. The predicted octanol–water partition coefficient (Wildman–Crippen LogP) is 3.32. The number of amides is 1. The Morgan fingerprint density at radius 2 is 2.19 bits per heavy atom. The van der Waals surface area contributed by atoms with Crippen LogP contribution in [-0.2, 0) is 4.79 Å². The van der Waals surface area contributed by atoms with Gasteiger partial charge in [0.05, 0.1) is 5.56 Å². The third-order valence-electron chi connectivity index (χ3n) is 3.31. The van der Waals surface area contributed by atoms with Crippen LogP contribution in [-0.4, -0.2) is 17.6 Å². The summed E-state index contributed by atoms with van der Waals surface area (Å²) in [7, 11) is 0. The molecule has 1 aromatic carbocycles. The predicted molar refractivity (Wildman–Crippen MR) is 82.3 cm³/mol. The number of nitrogens with one attached hydrogen (secondary N) is 1. The minimum atomic E-state index is -0.466. The second kappa shape index (κ2) is 9.15. The van der Waals surface area contributed by atoms with Crippen LogP contribution < -0.4 is 5.32 Å². The second-order valence-corrected chi connectivity index (χ2v) is 4.89. The number of hydrogen-bond donors (Lipinski definition) is 2. The number of unbranched alkanes of at least 4 members (excludes halogenated alkanes) is 1. The number of halogens is 1. The highest BCUT2D eigenvalue weighted by atomic mass is 19.1.